The van der Waals surface area contributed by atoms with E-state index < -0.39 is 0 Å². The number of rotatable bonds is 4. The first-order valence-corrected chi connectivity index (χ1v) is 6.44. The Morgan fingerprint density at radius 1 is 1.41 bits per heavy atom. The summed E-state index contributed by atoms with van der Waals surface area (Å²) < 4.78 is 0. The lowest BCUT2D eigenvalue weighted by Crippen LogP contribution is -2.57. The molecule has 1 fully saturated rings. The highest BCUT2D eigenvalue weighted by Crippen LogP contribution is 2.19. The van der Waals surface area contributed by atoms with Gasteiger partial charge in [-0.15, -0.1) is 0 Å². The second-order valence-corrected chi connectivity index (χ2v) is 4.99. The van der Waals surface area contributed by atoms with Crippen molar-refractivity contribution in [2.75, 3.05) is 24.5 Å². The molecule has 1 aromatic rings. The van der Waals surface area contributed by atoms with Crippen molar-refractivity contribution in [2.45, 2.75) is 39.7 Å². The van der Waals surface area contributed by atoms with E-state index in [1.54, 1.807) is 0 Å². The molecule has 0 atom stereocenters. The van der Waals surface area contributed by atoms with E-state index in [4.69, 9.17) is 4.98 Å². The molecule has 4 heteroatoms. The maximum atomic E-state index is 4.69. The van der Waals surface area contributed by atoms with E-state index in [0.29, 0.717) is 12.0 Å². The van der Waals surface area contributed by atoms with E-state index in [-0.39, 0.29) is 0 Å². The molecule has 2 rings (SSSR count). The van der Waals surface area contributed by atoms with Crippen LogP contribution >= 0.6 is 0 Å². The summed E-state index contributed by atoms with van der Waals surface area (Å²) in [6, 6.07) is 2.64. The second kappa shape index (κ2) is 5.00. The maximum Gasteiger partial charge on any atom is 0.226 e. The number of likely N-dealkylation sites (N-methyl/N-ethyl adjacent to an activating group) is 1. The molecule has 0 aromatic carbocycles. The topological polar surface area (TPSA) is 41.1 Å². The number of nitrogens with one attached hydrogen (secondary N) is 1. The van der Waals surface area contributed by atoms with Crippen LogP contribution in [0.25, 0.3) is 0 Å². The van der Waals surface area contributed by atoms with Gasteiger partial charge in [-0.25, -0.2) is 9.97 Å². The number of aryl methyl sites for hydroxylation is 1. The third-order valence-electron chi connectivity index (χ3n) is 3.25. The smallest absolute Gasteiger partial charge is 0.226 e. The van der Waals surface area contributed by atoms with Crippen molar-refractivity contribution in [1.82, 2.24) is 15.3 Å². The van der Waals surface area contributed by atoms with Gasteiger partial charge in [0.25, 0.3) is 0 Å². The zero-order valence-electron chi connectivity index (χ0n) is 11.2. The van der Waals surface area contributed by atoms with E-state index in [1.165, 1.54) is 0 Å². The van der Waals surface area contributed by atoms with Crippen LogP contribution in [0.3, 0.4) is 0 Å². The van der Waals surface area contributed by atoms with Crippen LogP contribution in [0.1, 0.15) is 38.1 Å². The number of nitrogens with zero attached hydrogens (tertiary/aromatic N) is 3. The van der Waals surface area contributed by atoms with Crippen molar-refractivity contribution in [2.24, 2.45) is 0 Å². The third kappa shape index (κ3) is 2.57. The van der Waals surface area contributed by atoms with Crippen LogP contribution < -0.4 is 10.2 Å². The van der Waals surface area contributed by atoms with Gasteiger partial charge < -0.3 is 10.2 Å². The first-order valence-electron chi connectivity index (χ1n) is 6.44. The van der Waals surface area contributed by atoms with Gasteiger partial charge in [-0.3, -0.25) is 0 Å². The van der Waals surface area contributed by atoms with E-state index in [0.717, 1.165) is 37.0 Å². The van der Waals surface area contributed by atoms with Gasteiger partial charge in [0, 0.05) is 31.0 Å². The van der Waals surface area contributed by atoms with Crippen molar-refractivity contribution in [3.05, 3.63) is 17.5 Å². The summed E-state index contributed by atoms with van der Waals surface area (Å²) in [7, 11) is 0. The molecule has 0 spiro atoms. The molecule has 0 unspecified atom stereocenters. The quantitative estimate of drug-likeness (QED) is 0.861. The zero-order valence-corrected chi connectivity index (χ0v) is 11.2. The van der Waals surface area contributed by atoms with Crippen molar-refractivity contribution in [3.8, 4) is 0 Å². The number of hydrogen-bond donors (Lipinski definition) is 1. The Morgan fingerprint density at radius 3 is 2.59 bits per heavy atom. The fourth-order valence-electron chi connectivity index (χ4n) is 2.06. The van der Waals surface area contributed by atoms with E-state index in [2.05, 4.69) is 42.0 Å². The van der Waals surface area contributed by atoms with Gasteiger partial charge in [-0.1, -0.05) is 13.8 Å². The molecule has 94 valence electrons. The number of anilines is 1. The summed E-state index contributed by atoms with van der Waals surface area (Å²) in [4.78, 5) is 11.6. The van der Waals surface area contributed by atoms with Crippen molar-refractivity contribution >= 4 is 5.95 Å². The first-order chi connectivity index (χ1) is 8.11. The van der Waals surface area contributed by atoms with Crippen molar-refractivity contribution in [3.63, 3.8) is 0 Å². The predicted octanol–water partition coefficient (Wildman–Crippen LogP) is 1.71. The van der Waals surface area contributed by atoms with Crippen LogP contribution in [0.5, 0.6) is 0 Å². The minimum absolute atomic E-state index is 0.452. The van der Waals surface area contributed by atoms with Crippen LogP contribution in [0.2, 0.25) is 0 Å². The average Bonchev–Trinajstić information content (AvgIpc) is 2.21. The Morgan fingerprint density at radius 2 is 2.12 bits per heavy atom. The van der Waals surface area contributed by atoms with Crippen molar-refractivity contribution in [1.29, 1.82) is 0 Å². The highest BCUT2D eigenvalue weighted by Gasteiger charge is 2.25. The molecule has 0 bridgehead atoms. The summed E-state index contributed by atoms with van der Waals surface area (Å²) in [6.45, 7) is 11.6. The molecular formula is C13H22N4. The molecule has 0 amide bonds. The second-order valence-electron chi connectivity index (χ2n) is 4.99. The maximum absolute atomic E-state index is 4.69. The van der Waals surface area contributed by atoms with Gasteiger partial charge in [-0.2, -0.15) is 0 Å². The molecule has 2 heterocycles. The lowest BCUT2D eigenvalue weighted by molar-refractivity contribution is 0.412. The van der Waals surface area contributed by atoms with Crippen molar-refractivity contribution < 1.29 is 0 Å². The standard InChI is InChI=1S/C13H22N4/c1-5-17(11-7-14-8-11)13-15-10(4)6-12(16-13)9(2)3/h6,9,11,14H,5,7-8H2,1-4H3. The highest BCUT2D eigenvalue weighted by molar-refractivity contribution is 5.35. The number of aromatic nitrogens is 2. The van der Waals surface area contributed by atoms with Crippen LogP contribution in [0, 0.1) is 6.92 Å². The van der Waals surface area contributed by atoms with Gasteiger partial charge in [0.2, 0.25) is 5.95 Å². The molecule has 1 saturated heterocycles. The Kier molecular flexibility index (Phi) is 3.62. The highest BCUT2D eigenvalue weighted by atomic mass is 15.3. The lowest BCUT2D eigenvalue weighted by atomic mass is 10.1. The Labute approximate surface area is 103 Å². The summed E-state index contributed by atoms with van der Waals surface area (Å²) in [5, 5.41) is 3.30. The largest absolute Gasteiger partial charge is 0.336 e. The minimum Gasteiger partial charge on any atom is -0.336 e. The van der Waals surface area contributed by atoms with Gasteiger partial charge >= 0.3 is 0 Å². The van der Waals surface area contributed by atoms with E-state index in [1.807, 2.05) is 6.92 Å². The van der Waals surface area contributed by atoms with Crippen LogP contribution in [0.4, 0.5) is 5.95 Å². The molecule has 1 N–H and O–H groups in total. The lowest BCUT2D eigenvalue weighted by Gasteiger charge is -2.37. The molecule has 0 saturated carbocycles. The van der Waals surface area contributed by atoms with Crippen LogP contribution in [-0.2, 0) is 0 Å². The molecule has 1 aliphatic rings. The van der Waals surface area contributed by atoms with Crippen LogP contribution in [-0.4, -0.2) is 35.6 Å². The molecule has 0 radical (unpaired) electrons. The predicted molar refractivity (Wildman–Crippen MR) is 70.5 cm³/mol. The molecule has 1 aromatic heterocycles. The van der Waals surface area contributed by atoms with E-state index in [9.17, 15) is 0 Å². The van der Waals surface area contributed by atoms with Gasteiger partial charge in [-0.05, 0) is 25.8 Å². The summed E-state index contributed by atoms with van der Waals surface area (Å²) in [5.41, 5.74) is 2.20. The Balaban J connectivity index is 2.29. The molecule has 17 heavy (non-hydrogen) atoms. The van der Waals surface area contributed by atoms with Gasteiger partial charge in [0.15, 0.2) is 0 Å². The van der Waals surface area contributed by atoms with Gasteiger partial charge in [0.05, 0.1) is 6.04 Å². The van der Waals surface area contributed by atoms with Gasteiger partial charge in [0.1, 0.15) is 0 Å². The fourth-order valence-corrected chi connectivity index (χ4v) is 2.06. The normalized spacial score (nSPS) is 16.1. The average molecular weight is 234 g/mol. The Bertz CT molecular complexity index is 385. The summed E-state index contributed by atoms with van der Waals surface area (Å²) >= 11 is 0. The third-order valence-corrected chi connectivity index (χ3v) is 3.25. The minimum atomic E-state index is 0.452. The molecule has 1 aliphatic heterocycles. The SMILES string of the molecule is CCN(c1nc(C)cc(C(C)C)n1)C1CNC1. The van der Waals surface area contributed by atoms with E-state index >= 15 is 0 Å². The molecule has 4 nitrogen and oxygen atoms in total. The first kappa shape index (κ1) is 12.3. The summed E-state index contributed by atoms with van der Waals surface area (Å²) in [6.07, 6.45) is 0. The van der Waals surface area contributed by atoms with Crippen LogP contribution in [0.15, 0.2) is 6.07 Å². The summed E-state index contributed by atoms with van der Waals surface area (Å²) in [5.74, 6) is 1.34. The fraction of sp³-hybridized carbons (Fsp3) is 0.692. The zero-order chi connectivity index (χ0) is 12.4. The monoisotopic (exact) mass is 234 g/mol. The molecule has 0 aliphatic carbocycles. The number of hydrogen-bond acceptors (Lipinski definition) is 4. The Hall–Kier alpha value is -1.16. The molecular weight excluding hydrogens is 212 g/mol.